The fraction of sp³-hybridized carbons (Fsp3) is 0.594. The highest BCUT2D eigenvalue weighted by Gasteiger charge is 2.51. The number of ketones is 1. The van der Waals surface area contributed by atoms with E-state index in [4.69, 9.17) is 9.47 Å². The highest BCUT2D eigenvalue weighted by atomic mass is 16.6. The molecule has 0 N–H and O–H groups in total. The molecule has 2 fully saturated rings. The number of aryl methyl sites for hydroxylation is 5. The summed E-state index contributed by atoms with van der Waals surface area (Å²) in [7, 11) is 1.73. The van der Waals surface area contributed by atoms with E-state index in [0.717, 1.165) is 69.4 Å². The fourth-order valence-corrected chi connectivity index (χ4v) is 6.68. The van der Waals surface area contributed by atoms with Crippen molar-refractivity contribution in [3.63, 3.8) is 0 Å². The molecule has 3 aromatic rings. The first kappa shape index (κ1) is 28.4. The molecule has 5 rings (SSSR count). The van der Waals surface area contributed by atoms with Gasteiger partial charge in [0.2, 0.25) is 0 Å². The van der Waals surface area contributed by atoms with E-state index in [1.54, 1.807) is 11.6 Å². The van der Waals surface area contributed by atoms with Gasteiger partial charge in [0.25, 0.3) is 5.78 Å². The maximum absolute atomic E-state index is 13.7. The highest BCUT2D eigenvalue weighted by molar-refractivity contribution is 6.01. The van der Waals surface area contributed by atoms with Gasteiger partial charge in [-0.3, -0.25) is 9.59 Å². The van der Waals surface area contributed by atoms with Crippen molar-refractivity contribution in [2.24, 2.45) is 11.8 Å². The van der Waals surface area contributed by atoms with Crippen LogP contribution in [-0.4, -0.2) is 50.7 Å². The van der Waals surface area contributed by atoms with E-state index in [2.05, 4.69) is 40.2 Å². The van der Waals surface area contributed by atoms with Crippen LogP contribution >= 0.6 is 0 Å². The molecule has 1 aromatic carbocycles. The number of rotatable bonds is 11. The van der Waals surface area contributed by atoms with Gasteiger partial charge in [0.05, 0.1) is 0 Å². The number of nitrogens with zero attached hydrogens (tertiary/aromatic N) is 4. The van der Waals surface area contributed by atoms with Crippen molar-refractivity contribution in [3.05, 3.63) is 58.2 Å². The fourth-order valence-electron chi connectivity index (χ4n) is 6.68. The SMILES string of the molecule is CCc1ccc(CCCOC)c(CCC2(C3CCCC3)CC(=O)C(Cc3nc4nc(C)cc(C)n4n3)C(=O)O2)c1. The van der Waals surface area contributed by atoms with E-state index >= 15 is 0 Å². The van der Waals surface area contributed by atoms with Crippen LogP contribution in [0, 0.1) is 25.7 Å². The lowest BCUT2D eigenvalue weighted by atomic mass is 9.73. The molecule has 2 aromatic heterocycles. The second-order valence-corrected chi connectivity index (χ2v) is 11.7. The average Bonchev–Trinajstić information content (AvgIpc) is 3.61. The van der Waals surface area contributed by atoms with Gasteiger partial charge in [-0.2, -0.15) is 4.98 Å². The minimum absolute atomic E-state index is 0.0505. The summed E-state index contributed by atoms with van der Waals surface area (Å²) >= 11 is 0. The minimum atomic E-state index is -0.874. The molecule has 0 radical (unpaired) electrons. The smallest absolute Gasteiger partial charge is 0.317 e. The lowest BCUT2D eigenvalue weighted by molar-refractivity contribution is -0.185. The summed E-state index contributed by atoms with van der Waals surface area (Å²) in [5, 5.41) is 4.54. The number of carbonyl (C=O) groups is 2. The number of hydrogen-bond donors (Lipinski definition) is 0. The quantitative estimate of drug-likeness (QED) is 0.187. The minimum Gasteiger partial charge on any atom is -0.458 e. The molecule has 1 aliphatic heterocycles. The predicted octanol–water partition coefficient (Wildman–Crippen LogP) is 5.12. The monoisotopic (exact) mass is 546 g/mol. The van der Waals surface area contributed by atoms with E-state index in [0.29, 0.717) is 18.0 Å². The van der Waals surface area contributed by atoms with Gasteiger partial charge in [-0.1, -0.05) is 38.0 Å². The second kappa shape index (κ2) is 12.2. The first-order chi connectivity index (χ1) is 19.3. The van der Waals surface area contributed by atoms with Gasteiger partial charge in [-0.15, -0.1) is 5.10 Å². The lowest BCUT2D eigenvalue weighted by Gasteiger charge is -2.43. The Morgan fingerprint density at radius 3 is 2.60 bits per heavy atom. The van der Waals surface area contributed by atoms with E-state index in [9.17, 15) is 9.59 Å². The molecule has 2 atom stereocenters. The summed E-state index contributed by atoms with van der Waals surface area (Å²) in [5.41, 5.74) is 4.94. The molecule has 2 unspecified atom stereocenters. The summed E-state index contributed by atoms with van der Waals surface area (Å²) in [5.74, 6) is -0.199. The molecule has 1 aliphatic carbocycles. The molecule has 0 amide bonds. The van der Waals surface area contributed by atoms with Gasteiger partial charge >= 0.3 is 5.97 Å². The summed E-state index contributed by atoms with van der Waals surface area (Å²) < 4.78 is 13.3. The number of aromatic nitrogens is 4. The van der Waals surface area contributed by atoms with E-state index in [1.165, 1.54) is 16.7 Å². The van der Waals surface area contributed by atoms with Crippen molar-refractivity contribution in [3.8, 4) is 0 Å². The molecule has 8 nitrogen and oxygen atoms in total. The van der Waals surface area contributed by atoms with E-state index < -0.39 is 17.5 Å². The van der Waals surface area contributed by atoms with Crippen molar-refractivity contribution < 1.29 is 19.1 Å². The van der Waals surface area contributed by atoms with Crippen molar-refractivity contribution in [1.29, 1.82) is 0 Å². The third-order valence-corrected chi connectivity index (χ3v) is 8.89. The Kier molecular flexibility index (Phi) is 8.64. The molecule has 3 heterocycles. The van der Waals surface area contributed by atoms with Crippen molar-refractivity contribution in [2.75, 3.05) is 13.7 Å². The summed E-state index contributed by atoms with van der Waals surface area (Å²) in [6, 6.07) is 8.67. The third-order valence-electron chi connectivity index (χ3n) is 8.89. The van der Waals surface area contributed by atoms with E-state index in [-0.39, 0.29) is 24.5 Å². The Labute approximate surface area is 236 Å². The van der Waals surface area contributed by atoms with Gasteiger partial charge in [-0.25, -0.2) is 9.50 Å². The average molecular weight is 547 g/mol. The summed E-state index contributed by atoms with van der Waals surface area (Å²) in [4.78, 5) is 36.2. The molecule has 1 saturated heterocycles. The molecular formula is C32H42N4O4. The highest BCUT2D eigenvalue weighted by Crippen LogP contribution is 2.45. The molecule has 0 bridgehead atoms. The lowest BCUT2D eigenvalue weighted by Crippen LogP contribution is -2.52. The van der Waals surface area contributed by atoms with Crippen LogP contribution in [0.5, 0.6) is 0 Å². The zero-order valence-electron chi connectivity index (χ0n) is 24.4. The summed E-state index contributed by atoms with van der Waals surface area (Å²) in [6.07, 6.45) is 8.98. The van der Waals surface area contributed by atoms with Crippen molar-refractivity contribution in [2.45, 2.75) is 97.0 Å². The largest absolute Gasteiger partial charge is 0.458 e. The number of benzene rings is 1. The van der Waals surface area contributed by atoms with Crippen LogP contribution in [0.2, 0.25) is 0 Å². The zero-order chi connectivity index (χ0) is 28.3. The van der Waals surface area contributed by atoms with Gasteiger partial charge in [0.15, 0.2) is 11.6 Å². The van der Waals surface area contributed by atoms with Crippen molar-refractivity contribution >= 4 is 17.5 Å². The number of hydrogen-bond acceptors (Lipinski definition) is 7. The van der Waals surface area contributed by atoms with Crippen LogP contribution in [-0.2, 0) is 44.7 Å². The number of cyclic esters (lactones) is 1. The molecule has 0 spiro atoms. The molecule has 8 heteroatoms. The molecule has 1 saturated carbocycles. The number of esters is 1. The number of carbonyl (C=O) groups excluding carboxylic acids is 2. The molecule has 214 valence electrons. The third kappa shape index (κ3) is 5.97. The van der Waals surface area contributed by atoms with Crippen LogP contribution in [0.15, 0.2) is 24.3 Å². The zero-order valence-corrected chi connectivity index (χ0v) is 24.4. The Morgan fingerprint density at radius 1 is 1.07 bits per heavy atom. The van der Waals surface area contributed by atoms with Gasteiger partial charge in [0.1, 0.15) is 11.5 Å². The van der Waals surface area contributed by atoms with Crippen LogP contribution in [0.25, 0.3) is 5.78 Å². The Hall–Kier alpha value is -3.13. The Bertz CT molecular complexity index is 1360. The van der Waals surface area contributed by atoms with Crippen LogP contribution < -0.4 is 0 Å². The standard InChI is InChI=1S/C32H42N4O4/c1-5-23-12-13-24(9-8-16-39-4)25(18-23)14-15-32(26-10-6-7-11-26)20-28(37)27(30(38)40-32)19-29-34-31-33-21(2)17-22(3)36(31)35-29/h12-13,17-18,26-27H,5-11,14-16,19-20H2,1-4H3. The number of ether oxygens (including phenoxy) is 2. The van der Waals surface area contributed by atoms with Gasteiger partial charge < -0.3 is 9.47 Å². The van der Waals surface area contributed by atoms with Crippen LogP contribution in [0.4, 0.5) is 0 Å². The number of methoxy groups -OCH3 is 1. The van der Waals surface area contributed by atoms with Crippen LogP contribution in [0.3, 0.4) is 0 Å². The van der Waals surface area contributed by atoms with Gasteiger partial charge in [-0.05, 0) is 87.5 Å². The topological polar surface area (TPSA) is 95.7 Å². The first-order valence-electron chi connectivity index (χ1n) is 14.9. The Morgan fingerprint density at radius 2 is 1.88 bits per heavy atom. The maximum atomic E-state index is 13.7. The molecular weight excluding hydrogens is 504 g/mol. The Balaban J connectivity index is 1.36. The summed E-state index contributed by atoms with van der Waals surface area (Å²) in [6.45, 7) is 6.75. The van der Waals surface area contributed by atoms with Crippen LogP contribution in [0.1, 0.15) is 85.8 Å². The van der Waals surface area contributed by atoms with Gasteiger partial charge in [0, 0.05) is 37.9 Å². The van der Waals surface area contributed by atoms with E-state index in [1.807, 2.05) is 19.9 Å². The molecule has 40 heavy (non-hydrogen) atoms. The van der Waals surface area contributed by atoms with Crippen molar-refractivity contribution in [1.82, 2.24) is 19.6 Å². The predicted molar refractivity (Wildman–Crippen MR) is 152 cm³/mol. The normalized spacial score (nSPS) is 21.9. The molecule has 2 aliphatic rings. The number of fused-ring (bicyclic) bond motifs is 1. The second-order valence-electron chi connectivity index (χ2n) is 11.7. The number of Topliss-reactive ketones (excluding diaryl/α,β-unsaturated/α-hetero) is 1. The maximum Gasteiger partial charge on any atom is 0.317 e. The first-order valence-corrected chi connectivity index (χ1v) is 14.9.